The predicted molar refractivity (Wildman–Crippen MR) is 94.7 cm³/mol. The van der Waals surface area contributed by atoms with Crippen molar-refractivity contribution in [1.82, 2.24) is 15.5 Å². The number of guanidine groups is 1. The van der Waals surface area contributed by atoms with E-state index in [1.54, 1.807) is 19.0 Å². The Bertz CT molecular complexity index is 366. The summed E-state index contributed by atoms with van der Waals surface area (Å²) >= 11 is 0. The summed E-state index contributed by atoms with van der Waals surface area (Å²) in [6.07, 6.45) is 5.89. The lowest BCUT2D eigenvalue weighted by Crippen LogP contribution is -2.44. The number of rotatable bonds is 9. The summed E-state index contributed by atoms with van der Waals surface area (Å²) in [5, 5.41) is 6.79. The largest absolute Gasteiger partial charge is 0.381 e. The van der Waals surface area contributed by atoms with Crippen molar-refractivity contribution in [1.29, 1.82) is 0 Å². The number of likely N-dealkylation sites (N-methyl/N-ethyl adjacent to an activating group) is 1. The van der Waals surface area contributed by atoms with E-state index in [1.807, 2.05) is 0 Å². The average molecular weight is 326 g/mol. The minimum Gasteiger partial charge on any atom is -0.381 e. The molecule has 0 aromatic carbocycles. The molecule has 0 saturated carbocycles. The van der Waals surface area contributed by atoms with Crippen LogP contribution in [0.1, 0.15) is 46.0 Å². The number of hydrogen-bond donors (Lipinski definition) is 2. The molecule has 6 heteroatoms. The number of ether oxygens (including phenoxy) is 1. The maximum absolute atomic E-state index is 11.7. The van der Waals surface area contributed by atoms with E-state index >= 15 is 0 Å². The van der Waals surface area contributed by atoms with Gasteiger partial charge in [0.1, 0.15) is 6.54 Å². The van der Waals surface area contributed by atoms with Crippen LogP contribution in [0, 0.1) is 5.92 Å². The van der Waals surface area contributed by atoms with E-state index in [2.05, 4.69) is 29.5 Å². The highest BCUT2D eigenvalue weighted by atomic mass is 16.5. The van der Waals surface area contributed by atoms with Crippen molar-refractivity contribution >= 4 is 11.9 Å². The molecule has 1 rings (SSSR count). The minimum atomic E-state index is 0.00827. The van der Waals surface area contributed by atoms with Crippen molar-refractivity contribution in [2.24, 2.45) is 10.9 Å². The Labute approximate surface area is 141 Å². The third kappa shape index (κ3) is 8.79. The lowest BCUT2D eigenvalue weighted by atomic mass is 10.1. The number of carbonyl (C=O) groups excluding carboxylic acids is 1. The van der Waals surface area contributed by atoms with Crippen molar-refractivity contribution in [3.05, 3.63) is 0 Å². The Balaban J connectivity index is 2.48. The van der Waals surface area contributed by atoms with Gasteiger partial charge in [-0.3, -0.25) is 4.79 Å². The van der Waals surface area contributed by atoms with Crippen LogP contribution >= 0.6 is 0 Å². The van der Waals surface area contributed by atoms with Gasteiger partial charge in [-0.15, -0.1) is 0 Å². The number of aliphatic imine (C=N–C) groups is 1. The fourth-order valence-corrected chi connectivity index (χ4v) is 2.43. The van der Waals surface area contributed by atoms with E-state index in [0.29, 0.717) is 12.0 Å². The molecule has 0 radical (unpaired) electrons. The Morgan fingerprint density at radius 1 is 1.39 bits per heavy atom. The average Bonchev–Trinajstić information content (AvgIpc) is 3.03. The van der Waals surface area contributed by atoms with Gasteiger partial charge in [0.05, 0.1) is 6.61 Å². The molecule has 0 spiro atoms. The van der Waals surface area contributed by atoms with E-state index in [9.17, 15) is 4.79 Å². The van der Waals surface area contributed by atoms with Crippen LogP contribution < -0.4 is 10.6 Å². The summed E-state index contributed by atoms with van der Waals surface area (Å²) in [5.74, 6) is 1.27. The minimum absolute atomic E-state index is 0.00827. The van der Waals surface area contributed by atoms with Crippen LogP contribution in [0.2, 0.25) is 0 Å². The van der Waals surface area contributed by atoms with Gasteiger partial charge in [0.25, 0.3) is 0 Å². The summed E-state index contributed by atoms with van der Waals surface area (Å²) in [6.45, 7) is 7.04. The van der Waals surface area contributed by atoms with Gasteiger partial charge in [0, 0.05) is 39.2 Å². The predicted octanol–water partition coefficient (Wildman–Crippen LogP) is 1.62. The lowest BCUT2D eigenvalue weighted by Gasteiger charge is -2.20. The number of nitrogens with one attached hydrogen (secondary N) is 2. The van der Waals surface area contributed by atoms with Crippen LogP contribution in [0.3, 0.4) is 0 Å². The quantitative estimate of drug-likeness (QED) is 0.384. The van der Waals surface area contributed by atoms with Gasteiger partial charge in [-0.25, -0.2) is 4.99 Å². The first-order chi connectivity index (χ1) is 11.0. The maximum Gasteiger partial charge on any atom is 0.243 e. The first-order valence-electron chi connectivity index (χ1n) is 8.85. The molecular formula is C17H34N4O2. The van der Waals surface area contributed by atoms with E-state index in [-0.39, 0.29) is 12.5 Å². The third-order valence-corrected chi connectivity index (χ3v) is 4.08. The van der Waals surface area contributed by atoms with E-state index in [1.165, 1.54) is 19.3 Å². The van der Waals surface area contributed by atoms with Crippen LogP contribution in [0.25, 0.3) is 0 Å². The fraction of sp³-hybridized carbons (Fsp3) is 0.882. The lowest BCUT2D eigenvalue weighted by molar-refractivity contribution is -0.127. The number of carbonyl (C=O) groups is 1. The molecule has 0 aliphatic carbocycles. The van der Waals surface area contributed by atoms with E-state index in [0.717, 1.165) is 38.6 Å². The number of unbranched alkanes of at least 4 members (excludes halogenated alkanes) is 2. The summed E-state index contributed by atoms with van der Waals surface area (Å²) in [7, 11) is 3.50. The summed E-state index contributed by atoms with van der Waals surface area (Å²) in [4.78, 5) is 17.8. The summed E-state index contributed by atoms with van der Waals surface area (Å²) < 4.78 is 5.40. The second-order valence-corrected chi connectivity index (χ2v) is 6.60. The van der Waals surface area contributed by atoms with Gasteiger partial charge in [-0.1, -0.05) is 26.2 Å². The first-order valence-corrected chi connectivity index (χ1v) is 8.85. The fourth-order valence-electron chi connectivity index (χ4n) is 2.43. The Hall–Kier alpha value is -1.30. The van der Waals surface area contributed by atoms with Gasteiger partial charge in [0.15, 0.2) is 5.96 Å². The van der Waals surface area contributed by atoms with Crippen molar-refractivity contribution < 1.29 is 9.53 Å². The van der Waals surface area contributed by atoms with Gasteiger partial charge in [0.2, 0.25) is 5.91 Å². The number of nitrogens with zero attached hydrogens (tertiary/aromatic N) is 2. The molecule has 1 saturated heterocycles. The number of hydrogen-bond acceptors (Lipinski definition) is 3. The Morgan fingerprint density at radius 3 is 2.78 bits per heavy atom. The SMILES string of the molecule is CCCCCC(C)NC(=NCC(=O)N(C)C)NCC1CCOC1. The molecule has 0 aromatic rings. The first kappa shape index (κ1) is 19.7. The third-order valence-electron chi connectivity index (χ3n) is 4.08. The second kappa shape index (κ2) is 11.3. The molecule has 2 N–H and O–H groups in total. The van der Waals surface area contributed by atoms with Crippen molar-refractivity contribution in [3.63, 3.8) is 0 Å². The number of amides is 1. The molecule has 2 unspecified atom stereocenters. The zero-order valence-corrected chi connectivity index (χ0v) is 15.2. The van der Waals surface area contributed by atoms with Gasteiger partial charge < -0.3 is 20.3 Å². The maximum atomic E-state index is 11.7. The molecular weight excluding hydrogens is 292 g/mol. The topological polar surface area (TPSA) is 66.0 Å². The molecule has 2 atom stereocenters. The molecule has 6 nitrogen and oxygen atoms in total. The van der Waals surface area contributed by atoms with Crippen LogP contribution in [-0.4, -0.2) is 63.2 Å². The van der Waals surface area contributed by atoms with Crippen molar-refractivity contribution in [2.45, 2.75) is 52.0 Å². The van der Waals surface area contributed by atoms with Crippen LogP contribution in [0.15, 0.2) is 4.99 Å². The smallest absolute Gasteiger partial charge is 0.243 e. The van der Waals surface area contributed by atoms with Crippen LogP contribution in [0.4, 0.5) is 0 Å². The molecule has 1 fully saturated rings. The standard InChI is InChI=1S/C17H34N4O2/c1-5-6-7-8-14(2)20-17(19-12-16(22)21(3)4)18-11-15-9-10-23-13-15/h14-15H,5-13H2,1-4H3,(H2,18,19,20). The van der Waals surface area contributed by atoms with Crippen molar-refractivity contribution in [3.8, 4) is 0 Å². The Morgan fingerprint density at radius 2 is 2.17 bits per heavy atom. The normalized spacial score (nSPS) is 19.5. The molecule has 1 amide bonds. The van der Waals surface area contributed by atoms with Gasteiger partial charge in [-0.2, -0.15) is 0 Å². The zero-order chi connectivity index (χ0) is 17.1. The second-order valence-electron chi connectivity index (χ2n) is 6.60. The van der Waals surface area contributed by atoms with E-state index < -0.39 is 0 Å². The molecule has 0 bridgehead atoms. The van der Waals surface area contributed by atoms with Gasteiger partial charge >= 0.3 is 0 Å². The highest BCUT2D eigenvalue weighted by Crippen LogP contribution is 2.10. The van der Waals surface area contributed by atoms with Crippen molar-refractivity contribution in [2.75, 3.05) is 40.4 Å². The monoisotopic (exact) mass is 326 g/mol. The van der Waals surface area contributed by atoms with Gasteiger partial charge in [-0.05, 0) is 19.8 Å². The molecule has 1 heterocycles. The summed E-state index contributed by atoms with van der Waals surface area (Å²) in [5.41, 5.74) is 0. The molecule has 23 heavy (non-hydrogen) atoms. The summed E-state index contributed by atoms with van der Waals surface area (Å²) in [6, 6.07) is 0.349. The van der Waals surface area contributed by atoms with Crippen LogP contribution in [-0.2, 0) is 9.53 Å². The Kier molecular flexibility index (Phi) is 9.67. The highest BCUT2D eigenvalue weighted by Gasteiger charge is 2.16. The van der Waals surface area contributed by atoms with E-state index in [4.69, 9.17) is 4.74 Å². The molecule has 0 aromatic heterocycles. The molecule has 1 aliphatic heterocycles. The highest BCUT2D eigenvalue weighted by molar-refractivity contribution is 5.84. The zero-order valence-electron chi connectivity index (χ0n) is 15.2. The molecule has 1 aliphatic rings. The molecule has 134 valence electrons. The van der Waals surface area contributed by atoms with Crippen LogP contribution in [0.5, 0.6) is 0 Å².